The van der Waals surface area contributed by atoms with Gasteiger partial charge in [0.1, 0.15) is 4.16 Å². The molecule has 0 bridgehead atoms. The van der Waals surface area contributed by atoms with Crippen molar-refractivity contribution in [3.63, 3.8) is 0 Å². The van der Waals surface area contributed by atoms with Crippen LogP contribution in [-0.4, -0.2) is 52.6 Å². The Morgan fingerprint density at radius 1 is 1.36 bits per heavy atom. The third kappa shape index (κ3) is 2.85. The summed E-state index contributed by atoms with van der Waals surface area (Å²) in [5.74, 6) is -0.725. The summed E-state index contributed by atoms with van der Waals surface area (Å²) in [5.41, 5.74) is -1.66. The van der Waals surface area contributed by atoms with Gasteiger partial charge < -0.3 is 4.74 Å². The molecule has 142 valence electrons. The van der Waals surface area contributed by atoms with Gasteiger partial charge in [0.15, 0.2) is 26.6 Å². The van der Waals surface area contributed by atoms with Crippen LogP contribution < -0.4 is 0 Å². The number of methoxy groups -OCH3 is 1. The first-order valence-corrected chi connectivity index (χ1v) is 11.7. The lowest BCUT2D eigenvalue weighted by atomic mass is 9.81. The smallest absolute Gasteiger partial charge is 0.263 e. The number of carbonyl (C=O) groups excluding carboxylic acids is 2. The van der Waals surface area contributed by atoms with Crippen LogP contribution in [0.4, 0.5) is 0 Å². The maximum atomic E-state index is 13.1. The molecule has 0 aromatic carbocycles. The van der Waals surface area contributed by atoms with E-state index in [-0.39, 0.29) is 23.2 Å². The molecule has 2 heterocycles. The maximum Gasteiger partial charge on any atom is 0.263 e. The molecule has 2 rings (SSSR count). The van der Waals surface area contributed by atoms with E-state index in [1.54, 1.807) is 20.8 Å². The average molecular weight is 501 g/mol. The van der Waals surface area contributed by atoms with Crippen molar-refractivity contribution in [1.29, 1.82) is 0 Å². The Morgan fingerprint density at radius 3 is 2.32 bits per heavy atom. The van der Waals surface area contributed by atoms with E-state index in [2.05, 4.69) is 31.9 Å². The second-order valence-corrected chi connectivity index (χ2v) is 11.5. The van der Waals surface area contributed by atoms with E-state index in [1.165, 1.54) is 7.11 Å². The number of sulfone groups is 1. The minimum absolute atomic E-state index is 0.167. The minimum atomic E-state index is -3.79. The molecule has 6 nitrogen and oxygen atoms in total. The first-order chi connectivity index (χ1) is 11.4. The highest BCUT2D eigenvalue weighted by Crippen LogP contribution is 2.51. The van der Waals surface area contributed by atoms with Gasteiger partial charge in [0.05, 0.1) is 5.70 Å². The molecule has 0 aliphatic carbocycles. The van der Waals surface area contributed by atoms with Gasteiger partial charge in [0.25, 0.3) is 5.91 Å². The van der Waals surface area contributed by atoms with Gasteiger partial charge in [0, 0.05) is 17.9 Å². The fraction of sp³-hybridized carbons (Fsp3) is 0.750. The standard InChI is InChI=1S/C16H23Br2NO5S/c1-6-7-16(24-5)13(21)19-10(11(20)15(2,3)4)9(8-17)12(18)25(22,23)14(16)19/h12,14H,6-8H2,1-5H3/t12?,14-,16-/m1/s1. The van der Waals surface area contributed by atoms with Crippen molar-refractivity contribution in [3.8, 4) is 0 Å². The van der Waals surface area contributed by atoms with E-state index in [9.17, 15) is 18.0 Å². The zero-order valence-electron chi connectivity index (χ0n) is 14.9. The van der Waals surface area contributed by atoms with Crippen molar-refractivity contribution in [2.24, 2.45) is 5.41 Å². The molecule has 0 spiro atoms. The number of rotatable bonds is 5. The number of hydrogen-bond donors (Lipinski definition) is 0. The molecular weight excluding hydrogens is 478 g/mol. The molecule has 25 heavy (non-hydrogen) atoms. The van der Waals surface area contributed by atoms with Crippen LogP contribution in [0.5, 0.6) is 0 Å². The number of ketones is 1. The Hall–Kier alpha value is -0.250. The van der Waals surface area contributed by atoms with Crippen molar-refractivity contribution in [1.82, 2.24) is 4.90 Å². The summed E-state index contributed by atoms with van der Waals surface area (Å²) in [6, 6.07) is 0. The number of Topliss-reactive ketones (excluding diaryl/α,β-unsaturated/α-hetero) is 1. The summed E-state index contributed by atoms with van der Waals surface area (Å²) >= 11 is 6.52. The SMILES string of the molecule is CCC[C@@]1(OC)C(=O)N2C(C(=O)C(C)(C)C)=C(CBr)C(Br)S(=O)(=O)[C@@H]21. The van der Waals surface area contributed by atoms with Gasteiger partial charge in [-0.1, -0.05) is 66.0 Å². The Bertz CT molecular complexity index is 740. The Kier molecular flexibility index (Phi) is 5.66. The molecular formula is C16H23Br2NO5S. The predicted octanol–water partition coefficient (Wildman–Crippen LogP) is 2.75. The Labute approximate surface area is 165 Å². The lowest BCUT2D eigenvalue weighted by Crippen LogP contribution is -2.79. The largest absolute Gasteiger partial charge is 0.365 e. The van der Waals surface area contributed by atoms with E-state index >= 15 is 0 Å². The molecule has 9 heteroatoms. The number of carbonyl (C=O) groups is 2. The third-order valence-electron chi connectivity index (χ3n) is 4.66. The van der Waals surface area contributed by atoms with Crippen molar-refractivity contribution in [2.45, 2.75) is 55.7 Å². The number of fused-ring (bicyclic) bond motifs is 1. The van der Waals surface area contributed by atoms with Crippen LogP contribution in [0.3, 0.4) is 0 Å². The van der Waals surface area contributed by atoms with Crippen LogP contribution in [0, 0.1) is 5.41 Å². The van der Waals surface area contributed by atoms with Gasteiger partial charge in [-0.05, 0) is 12.0 Å². The van der Waals surface area contributed by atoms with E-state index in [1.807, 2.05) is 6.92 Å². The molecule has 1 amide bonds. The monoisotopic (exact) mass is 499 g/mol. The molecule has 0 radical (unpaired) electrons. The first kappa shape index (κ1) is 21.1. The average Bonchev–Trinajstić information content (AvgIpc) is 2.52. The van der Waals surface area contributed by atoms with E-state index < -0.39 is 36.3 Å². The molecule has 0 saturated carbocycles. The van der Waals surface area contributed by atoms with Crippen molar-refractivity contribution in [2.75, 3.05) is 12.4 Å². The molecule has 0 aromatic heterocycles. The molecule has 0 aromatic rings. The highest BCUT2D eigenvalue weighted by atomic mass is 79.9. The lowest BCUT2D eigenvalue weighted by Gasteiger charge is -2.57. The number of β-lactam (4-membered cyclic amide) rings is 1. The highest BCUT2D eigenvalue weighted by molar-refractivity contribution is 9.11. The Balaban J connectivity index is 2.74. The second-order valence-electron chi connectivity index (χ2n) is 7.36. The molecule has 3 atom stereocenters. The van der Waals surface area contributed by atoms with Gasteiger partial charge in [-0.25, -0.2) is 8.42 Å². The zero-order chi connectivity index (χ0) is 19.4. The first-order valence-electron chi connectivity index (χ1n) is 8.01. The fourth-order valence-corrected chi connectivity index (χ4v) is 7.78. The maximum absolute atomic E-state index is 13.1. The molecule has 2 aliphatic heterocycles. The number of ether oxygens (including phenoxy) is 1. The van der Waals surface area contributed by atoms with Crippen molar-refractivity contribution < 1.29 is 22.7 Å². The number of hydrogen-bond acceptors (Lipinski definition) is 5. The van der Waals surface area contributed by atoms with Crippen LogP contribution in [0.15, 0.2) is 11.3 Å². The normalized spacial score (nSPS) is 31.6. The van der Waals surface area contributed by atoms with Crippen LogP contribution in [-0.2, 0) is 24.2 Å². The lowest BCUT2D eigenvalue weighted by molar-refractivity contribution is -0.185. The highest BCUT2D eigenvalue weighted by Gasteiger charge is 2.71. The Morgan fingerprint density at radius 2 is 1.92 bits per heavy atom. The summed E-state index contributed by atoms with van der Waals surface area (Å²) in [7, 11) is -2.45. The number of halogens is 2. The van der Waals surface area contributed by atoms with Gasteiger partial charge in [0.2, 0.25) is 0 Å². The number of allylic oxidation sites excluding steroid dienone is 1. The van der Waals surface area contributed by atoms with E-state index in [0.29, 0.717) is 12.0 Å². The summed E-state index contributed by atoms with van der Waals surface area (Å²) in [4.78, 5) is 27.1. The van der Waals surface area contributed by atoms with Gasteiger partial charge in [-0.2, -0.15) is 0 Å². The number of nitrogens with zero attached hydrogens (tertiary/aromatic N) is 1. The van der Waals surface area contributed by atoms with Crippen LogP contribution in [0.25, 0.3) is 0 Å². The topological polar surface area (TPSA) is 80.8 Å². The molecule has 2 aliphatic rings. The summed E-state index contributed by atoms with van der Waals surface area (Å²) in [5, 5.41) is -1.02. The van der Waals surface area contributed by atoms with Gasteiger partial charge in [-0.3, -0.25) is 14.5 Å². The number of amides is 1. The molecule has 1 saturated heterocycles. The third-order valence-corrected chi connectivity index (χ3v) is 9.45. The van der Waals surface area contributed by atoms with Crippen LogP contribution in [0.1, 0.15) is 40.5 Å². The van der Waals surface area contributed by atoms with Gasteiger partial charge in [-0.15, -0.1) is 0 Å². The summed E-state index contributed by atoms with van der Waals surface area (Å²) in [6.07, 6.45) is 0.868. The minimum Gasteiger partial charge on any atom is -0.365 e. The van der Waals surface area contributed by atoms with Crippen LogP contribution >= 0.6 is 31.9 Å². The van der Waals surface area contributed by atoms with Crippen LogP contribution in [0.2, 0.25) is 0 Å². The van der Waals surface area contributed by atoms with E-state index in [0.717, 1.165) is 4.90 Å². The van der Waals surface area contributed by atoms with E-state index in [4.69, 9.17) is 4.74 Å². The van der Waals surface area contributed by atoms with Crippen molar-refractivity contribution in [3.05, 3.63) is 11.3 Å². The molecule has 0 N–H and O–H groups in total. The number of alkyl halides is 2. The summed E-state index contributed by atoms with van der Waals surface area (Å²) in [6.45, 7) is 7.10. The summed E-state index contributed by atoms with van der Waals surface area (Å²) < 4.78 is 30.5. The van der Waals surface area contributed by atoms with Crippen molar-refractivity contribution >= 4 is 53.4 Å². The second kappa shape index (κ2) is 6.73. The quantitative estimate of drug-likeness (QED) is 0.428. The van der Waals surface area contributed by atoms with Gasteiger partial charge >= 0.3 is 0 Å². The zero-order valence-corrected chi connectivity index (χ0v) is 18.9. The molecule has 1 fully saturated rings. The fourth-order valence-electron chi connectivity index (χ4n) is 3.39. The molecule has 1 unspecified atom stereocenters. The predicted molar refractivity (Wildman–Crippen MR) is 102 cm³/mol.